The summed E-state index contributed by atoms with van der Waals surface area (Å²) in [7, 11) is 0. The number of ether oxygens (including phenoxy) is 1. The highest BCUT2D eigenvalue weighted by molar-refractivity contribution is 5.97. The molecule has 1 aromatic rings. The predicted octanol–water partition coefficient (Wildman–Crippen LogP) is 3.78. The minimum atomic E-state index is 0.209. The van der Waals surface area contributed by atoms with Crippen LogP contribution in [0.3, 0.4) is 0 Å². The first kappa shape index (κ1) is 16.0. The fourth-order valence-electron chi connectivity index (χ4n) is 3.19. The lowest BCUT2D eigenvalue weighted by Gasteiger charge is -2.26. The Balaban J connectivity index is 1.93. The van der Waals surface area contributed by atoms with Crippen LogP contribution in [0.4, 0.5) is 0 Å². The van der Waals surface area contributed by atoms with Crippen LogP contribution in [-0.2, 0) is 0 Å². The lowest BCUT2D eigenvalue weighted by Crippen LogP contribution is -2.30. The topological polar surface area (TPSA) is 29.5 Å². The molecule has 21 heavy (non-hydrogen) atoms. The summed E-state index contributed by atoms with van der Waals surface area (Å²) < 4.78 is 5.41. The third-order valence-electron chi connectivity index (χ3n) is 4.87. The first-order valence-corrected chi connectivity index (χ1v) is 8.11. The molecule has 0 amide bonds. The molecule has 0 radical (unpaired) electrons. The van der Waals surface area contributed by atoms with Crippen molar-refractivity contribution in [1.29, 1.82) is 0 Å². The van der Waals surface area contributed by atoms with Gasteiger partial charge in [-0.25, -0.2) is 0 Å². The molecule has 0 aliphatic carbocycles. The van der Waals surface area contributed by atoms with Crippen molar-refractivity contribution in [1.82, 2.24) is 4.90 Å². The summed E-state index contributed by atoms with van der Waals surface area (Å²) >= 11 is 0. The summed E-state index contributed by atoms with van der Waals surface area (Å²) in [5, 5.41) is 0. The molecule has 1 saturated heterocycles. The highest BCUT2D eigenvalue weighted by Gasteiger charge is 2.35. The highest BCUT2D eigenvalue weighted by Crippen LogP contribution is 2.36. The van der Waals surface area contributed by atoms with Crippen LogP contribution in [0, 0.1) is 5.41 Å². The van der Waals surface area contributed by atoms with Crippen LogP contribution in [-0.4, -0.2) is 36.9 Å². The van der Waals surface area contributed by atoms with E-state index < -0.39 is 0 Å². The summed E-state index contributed by atoms with van der Waals surface area (Å²) in [6.07, 6.45) is 3.63. The Morgan fingerprint density at radius 3 is 2.38 bits per heavy atom. The Kier molecular flexibility index (Phi) is 5.40. The van der Waals surface area contributed by atoms with Crippen molar-refractivity contribution in [2.24, 2.45) is 5.41 Å². The molecular formula is C18H27NO2. The molecular weight excluding hydrogens is 262 g/mol. The van der Waals surface area contributed by atoms with Crippen molar-refractivity contribution >= 4 is 5.78 Å². The molecule has 116 valence electrons. The van der Waals surface area contributed by atoms with Gasteiger partial charge in [-0.15, -0.1) is 0 Å². The zero-order valence-corrected chi connectivity index (χ0v) is 13.5. The number of benzene rings is 1. The number of carbonyl (C=O) groups excluding carboxylic acids is 1. The van der Waals surface area contributed by atoms with Gasteiger partial charge in [0.15, 0.2) is 5.78 Å². The molecule has 0 spiro atoms. The van der Waals surface area contributed by atoms with Gasteiger partial charge in [0, 0.05) is 12.1 Å². The number of Topliss-reactive ketones (excluding diaryl/α,β-unsaturated/α-hetero) is 1. The predicted molar refractivity (Wildman–Crippen MR) is 86.0 cm³/mol. The van der Waals surface area contributed by atoms with E-state index in [1.165, 1.54) is 19.3 Å². The van der Waals surface area contributed by atoms with Crippen molar-refractivity contribution in [3.8, 4) is 5.75 Å². The van der Waals surface area contributed by atoms with Gasteiger partial charge in [-0.1, -0.05) is 13.8 Å². The second kappa shape index (κ2) is 7.08. The summed E-state index contributed by atoms with van der Waals surface area (Å²) in [5.74, 6) is 1.03. The fourth-order valence-corrected chi connectivity index (χ4v) is 3.19. The molecule has 3 nitrogen and oxygen atoms in total. The van der Waals surface area contributed by atoms with E-state index in [2.05, 4.69) is 18.7 Å². The quantitative estimate of drug-likeness (QED) is 0.715. The Hall–Kier alpha value is -1.35. The van der Waals surface area contributed by atoms with Crippen LogP contribution in [0.15, 0.2) is 24.3 Å². The van der Waals surface area contributed by atoms with E-state index >= 15 is 0 Å². The van der Waals surface area contributed by atoms with Crippen molar-refractivity contribution in [3.05, 3.63) is 29.8 Å². The van der Waals surface area contributed by atoms with Crippen LogP contribution in [0.25, 0.3) is 0 Å². The van der Waals surface area contributed by atoms with Crippen LogP contribution in [0.5, 0.6) is 5.75 Å². The van der Waals surface area contributed by atoms with E-state index in [1.807, 2.05) is 31.2 Å². The van der Waals surface area contributed by atoms with Gasteiger partial charge in [-0.05, 0) is 62.4 Å². The molecule has 1 heterocycles. The number of hydrogen-bond donors (Lipinski definition) is 0. The molecule has 0 bridgehead atoms. The van der Waals surface area contributed by atoms with Crippen molar-refractivity contribution in [3.63, 3.8) is 0 Å². The Bertz CT molecular complexity index is 463. The maximum Gasteiger partial charge on any atom is 0.176 e. The molecule has 1 aliphatic heterocycles. The van der Waals surface area contributed by atoms with Gasteiger partial charge < -0.3 is 4.74 Å². The number of rotatable bonds is 7. The minimum Gasteiger partial charge on any atom is -0.494 e. The molecule has 1 fully saturated rings. The zero-order valence-electron chi connectivity index (χ0n) is 13.5. The van der Waals surface area contributed by atoms with E-state index in [1.54, 1.807) is 0 Å². The van der Waals surface area contributed by atoms with E-state index in [0.29, 0.717) is 18.6 Å². The van der Waals surface area contributed by atoms with Crippen molar-refractivity contribution < 1.29 is 9.53 Å². The average Bonchev–Trinajstić information content (AvgIpc) is 2.92. The van der Waals surface area contributed by atoms with Gasteiger partial charge in [-0.2, -0.15) is 0 Å². The van der Waals surface area contributed by atoms with Crippen LogP contribution in [0.2, 0.25) is 0 Å². The van der Waals surface area contributed by atoms with Crippen molar-refractivity contribution in [2.45, 2.75) is 40.0 Å². The Morgan fingerprint density at radius 2 is 1.86 bits per heavy atom. The smallest absolute Gasteiger partial charge is 0.176 e. The van der Waals surface area contributed by atoms with E-state index in [4.69, 9.17) is 4.74 Å². The van der Waals surface area contributed by atoms with Gasteiger partial charge >= 0.3 is 0 Å². The summed E-state index contributed by atoms with van der Waals surface area (Å²) in [5.41, 5.74) is 1.21. The third-order valence-corrected chi connectivity index (χ3v) is 4.87. The largest absolute Gasteiger partial charge is 0.494 e. The number of nitrogens with zero attached hydrogens (tertiary/aromatic N) is 1. The van der Waals surface area contributed by atoms with E-state index in [-0.39, 0.29) is 5.78 Å². The first-order valence-electron chi connectivity index (χ1n) is 8.11. The second-order valence-electron chi connectivity index (χ2n) is 6.05. The highest BCUT2D eigenvalue weighted by atomic mass is 16.5. The summed E-state index contributed by atoms with van der Waals surface area (Å²) in [4.78, 5) is 14.7. The average molecular weight is 289 g/mol. The lowest BCUT2D eigenvalue weighted by molar-refractivity contribution is 0.0936. The maximum atomic E-state index is 12.4. The molecule has 0 atom stereocenters. The normalized spacial score (nSPS) is 17.9. The molecule has 2 rings (SSSR count). The SMILES string of the molecule is CCOc1ccc(C(=O)CN2CCC(CC)(CC)C2)cc1. The molecule has 0 unspecified atom stereocenters. The monoisotopic (exact) mass is 289 g/mol. The van der Waals surface area contributed by atoms with Gasteiger partial charge in [-0.3, -0.25) is 9.69 Å². The lowest BCUT2D eigenvalue weighted by atomic mass is 9.82. The van der Waals surface area contributed by atoms with E-state index in [9.17, 15) is 4.79 Å². The third kappa shape index (κ3) is 3.85. The molecule has 0 aromatic heterocycles. The number of likely N-dealkylation sites (tertiary alicyclic amines) is 1. The number of carbonyl (C=O) groups is 1. The van der Waals surface area contributed by atoms with E-state index in [0.717, 1.165) is 24.4 Å². The fraction of sp³-hybridized carbons (Fsp3) is 0.611. The minimum absolute atomic E-state index is 0.209. The van der Waals surface area contributed by atoms with Gasteiger partial charge in [0.25, 0.3) is 0 Å². The zero-order chi connectivity index (χ0) is 15.3. The summed E-state index contributed by atoms with van der Waals surface area (Å²) in [6.45, 7) is 9.78. The Labute approximate surface area is 128 Å². The van der Waals surface area contributed by atoms with Crippen LogP contribution < -0.4 is 4.74 Å². The van der Waals surface area contributed by atoms with Crippen LogP contribution in [0.1, 0.15) is 50.4 Å². The van der Waals surface area contributed by atoms with Gasteiger partial charge in [0.1, 0.15) is 5.75 Å². The first-order chi connectivity index (χ1) is 10.1. The maximum absolute atomic E-state index is 12.4. The number of hydrogen-bond acceptors (Lipinski definition) is 3. The second-order valence-corrected chi connectivity index (χ2v) is 6.05. The molecule has 1 aliphatic rings. The van der Waals surface area contributed by atoms with Gasteiger partial charge in [0.05, 0.1) is 13.2 Å². The van der Waals surface area contributed by atoms with Crippen LogP contribution >= 0.6 is 0 Å². The number of ketones is 1. The molecule has 3 heteroatoms. The molecule has 0 saturated carbocycles. The Morgan fingerprint density at radius 1 is 1.19 bits per heavy atom. The molecule has 1 aromatic carbocycles. The van der Waals surface area contributed by atoms with Crippen molar-refractivity contribution in [2.75, 3.05) is 26.2 Å². The standard InChI is InChI=1S/C18H27NO2/c1-4-18(5-2)11-12-19(14-18)13-17(20)15-7-9-16(10-8-15)21-6-3/h7-10H,4-6,11-14H2,1-3H3. The molecule has 0 N–H and O–H groups in total. The van der Waals surface area contributed by atoms with Gasteiger partial charge in [0.2, 0.25) is 0 Å². The summed E-state index contributed by atoms with van der Waals surface area (Å²) in [6, 6.07) is 7.50.